The molecule has 1 saturated heterocycles. The number of benzene rings is 1. The third-order valence-corrected chi connectivity index (χ3v) is 2.74. The average molecular weight is 249 g/mol. The highest BCUT2D eigenvalue weighted by Crippen LogP contribution is 2.23. The van der Waals surface area contributed by atoms with Crippen LogP contribution in [0.1, 0.15) is 5.56 Å². The second-order valence-corrected chi connectivity index (χ2v) is 4.25. The number of rotatable bonds is 2. The Morgan fingerprint density at radius 1 is 1.50 bits per heavy atom. The number of aryl methyl sites for hydroxylation is 1. The second-order valence-electron chi connectivity index (χ2n) is 4.25. The number of nitrogens with one attached hydrogen (secondary N) is 3. The van der Waals surface area contributed by atoms with E-state index >= 15 is 0 Å². The van der Waals surface area contributed by atoms with Gasteiger partial charge < -0.3 is 15.7 Å². The van der Waals surface area contributed by atoms with E-state index in [9.17, 15) is 14.7 Å². The predicted molar refractivity (Wildman–Crippen MR) is 66.3 cm³/mol. The van der Waals surface area contributed by atoms with Gasteiger partial charge in [0.2, 0.25) is 11.8 Å². The number of aromatic hydroxyl groups is 1. The molecule has 1 heterocycles. The number of amides is 2. The Balaban J connectivity index is 2.02. The van der Waals surface area contributed by atoms with Gasteiger partial charge in [0.1, 0.15) is 11.8 Å². The second kappa shape index (κ2) is 5.05. The molecule has 0 saturated carbocycles. The van der Waals surface area contributed by atoms with E-state index in [1.807, 2.05) is 6.92 Å². The summed E-state index contributed by atoms with van der Waals surface area (Å²) in [5.74, 6) is -0.387. The fourth-order valence-electron chi connectivity index (χ4n) is 1.72. The SMILES string of the molecule is Cc1ccc(O)c(NC(=O)C2CNC(=O)CN2)c1. The smallest absolute Gasteiger partial charge is 0.243 e. The van der Waals surface area contributed by atoms with E-state index in [-0.39, 0.29) is 30.7 Å². The molecule has 1 aromatic carbocycles. The molecule has 0 radical (unpaired) electrons. The Morgan fingerprint density at radius 2 is 2.28 bits per heavy atom. The van der Waals surface area contributed by atoms with Gasteiger partial charge >= 0.3 is 0 Å². The van der Waals surface area contributed by atoms with Crippen molar-refractivity contribution in [3.8, 4) is 5.75 Å². The molecule has 4 N–H and O–H groups in total. The summed E-state index contributed by atoms with van der Waals surface area (Å²) < 4.78 is 0. The van der Waals surface area contributed by atoms with Crippen molar-refractivity contribution >= 4 is 17.5 Å². The van der Waals surface area contributed by atoms with Crippen LogP contribution in [0.4, 0.5) is 5.69 Å². The van der Waals surface area contributed by atoms with E-state index in [2.05, 4.69) is 16.0 Å². The van der Waals surface area contributed by atoms with Crippen molar-refractivity contribution in [2.45, 2.75) is 13.0 Å². The number of anilines is 1. The minimum atomic E-state index is -0.484. The van der Waals surface area contributed by atoms with E-state index in [1.54, 1.807) is 12.1 Å². The van der Waals surface area contributed by atoms with Crippen LogP contribution < -0.4 is 16.0 Å². The van der Waals surface area contributed by atoms with Gasteiger partial charge in [0.15, 0.2) is 0 Å². The van der Waals surface area contributed by atoms with Crippen LogP contribution in [0.5, 0.6) is 5.75 Å². The molecule has 1 fully saturated rings. The van der Waals surface area contributed by atoms with Gasteiger partial charge in [0.05, 0.1) is 12.2 Å². The summed E-state index contributed by atoms with van der Waals surface area (Å²) in [5, 5.41) is 17.7. The molecule has 0 aliphatic carbocycles. The van der Waals surface area contributed by atoms with E-state index in [1.165, 1.54) is 6.07 Å². The van der Waals surface area contributed by atoms with Gasteiger partial charge in [-0.3, -0.25) is 14.9 Å². The number of carbonyl (C=O) groups excluding carboxylic acids is 2. The third-order valence-electron chi connectivity index (χ3n) is 2.74. The lowest BCUT2D eigenvalue weighted by atomic mass is 10.2. The number of piperazine rings is 1. The van der Waals surface area contributed by atoms with Crippen molar-refractivity contribution < 1.29 is 14.7 Å². The number of carbonyl (C=O) groups is 2. The highest BCUT2D eigenvalue weighted by molar-refractivity contribution is 5.97. The zero-order chi connectivity index (χ0) is 13.1. The van der Waals surface area contributed by atoms with Crippen molar-refractivity contribution in [3.63, 3.8) is 0 Å². The molecule has 18 heavy (non-hydrogen) atoms. The molecule has 1 aliphatic rings. The fraction of sp³-hybridized carbons (Fsp3) is 0.333. The molecule has 2 amide bonds. The molecule has 1 unspecified atom stereocenters. The monoisotopic (exact) mass is 249 g/mol. The summed E-state index contributed by atoms with van der Waals surface area (Å²) in [4.78, 5) is 22.8. The number of phenolic OH excluding ortho intramolecular Hbond substituents is 1. The molecule has 6 nitrogen and oxygen atoms in total. The molecule has 2 rings (SSSR count). The van der Waals surface area contributed by atoms with Crippen LogP contribution in [0.15, 0.2) is 18.2 Å². The lowest BCUT2D eigenvalue weighted by Gasteiger charge is -2.23. The van der Waals surface area contributed by atoms with Crippen LogP contribution in [-0.4, -0.2) is 36.1 Å². The summed E-state index contributed by atoms with van der Waals surface area (Å²) in [6.45, 7) is 2.24. The first kappa shape index (κ1) is 12.4. The largest absolute Gasteiger partial charge is 0.506 e. The predicted octanol–water partition coefficient (Wildman–Crippen LogP) is -0.273. The van der Waals surface area contributed by atoms with Gasteiger partial charge in [-0.2, -0.15) is 0 Å². The van der Waals surface area contributed by atoms with Crippen molar-refractivity contribution in [1.29, 1.82) is 0 Å². The average Bonchev–Trinajstić information content (AvgIpc) is 2.34. The van der Waals surface area contributed by atoms with Gasteiger partial charge in [-0.1, -0.05) is 6.07 Å². The molecular weight excluding hydrogens is 234 g/mol. The third kappa shape index (κ3) is 2.78. The molecule has 0 bridgehead atoms. The molecule has 6 heteroatoms. The normalized spacial score (nSPS) is 19.2. The highest BCUT2D eigenvalue weighted by Gasteiger charge is 2.24. The van der Waals surface area contributed by atoms with Gasteiger partial charge in [0.25, 0.3) is 0 Å². The Bertz CT molecular complexity index is 477. The Labute approximate surface area is 104 Å². The van der Waals surface area contributed by atoms with Crippen LogP contribution in [-0.2, 0) is 9.59 Å². The number of phenols is 1. The molecule has 1 aromatic rings. The summed E-state index contributed by atoms with van der Waals surface area (Å²) in [6.07, 6.45) is 0. The van der Waals surface area contributed by atoms with Crippen LogP contribution in [0.25, 0.3) is 0 Å². The molecule has 1 aliphatic heterocycles. The maximum absolute atomic E-state index is 11.9. The highest BCUT2D eigenvalue weighted by atomic mass is 16.3. The van der Waals surface area contributed by atoms with E-state index in [0.29, 0.717) is 5.69 Å². The summed E-state index contributed by atoms with van der Waals surface area (Å²) in [7, 11) is 0. The quantitative estimate of drug-likeness (QED) is 0.543. The van der Waals surface area contributed by atoms with Gasteiger partial charge in [0, 0.05) is 6.54 Å². The van der Waals surface area contributed by atoms with E-state index in [0.717, 1.165) is 5.56 Å². The van der Waals surface area contributed by atoms with Crippen LogP contribution >= 0.6 is 0 Å². The first-order valence-electron chi connectivity index (χ1n) is 5.67. The first-order chi connectivity index (χ1) is 8.56. The Hall–Kier alpha value is -2.08. The van der Waals surface area contributed by atoms with Crippen LogP contribution in [0.2, 0.25) is 0 Å². The van der Waals surface area contributed by atoms with E-state index in [4.69, 9.17) is 0 Å². The van der Waals surface area contributed by atoms with Crippen molar-refractivity contribution in [3.05, 3.63) is 23.8 Å². The summed E-state index contributed by atoms with van der Waals surface area (Å²) in [5.41, 5.74) is 1.31. The fourth-order valence-corrected chi connectivity index (χ4v) is 1.72. The maximum Gasteiger partial charge on any atom is 0.243 e. The topological polar surface area (TPSA) is 90.5 Å². The van der Waals surface area contributed by atoms with Crippen LogP contribution in [0, 0.1) is 6.92 Å². The Kier molecular flexibility index (Phi) is 3.47. The van der Waals surface area contributed by atoms with Crippen molar-refractivity contribution in [2.24, 2.45) is 0 Å². The van der Waals surface area contributed by atoms with E-state index < -0.39 is 6.04 Å². The zero-order valence-corrected chi connectivity index (χ0v) is 9.99. The summed E-state index contributed by atoms with van der Waals surface area (Å²) >= 11 is 0. The molecule has 0 spiro atoms. The summed E-state index contributed by atoms with van der Waals surface area (Å²) in [6, 6.07) is 4.49. The Morgan fingerprint density at radius 3 is 2.94 bits per heavy atom. The van der Waals surface area contributed by atoms with Crippen LogP contribution in [0.3, 0.4) is 0 Å². The standard InChI is InChI=1S/C12H15N3O3/c1-7-2-3-10(16)8(4-7)15-12(18)9-5-14-11(17)6-13-9/h2-4,9,13,16H,5-6H2,1H3,(H,14,17)(H,15,18). The minimum Gasteiger partial charge on any atom is -0.506 e. The number of hydrogen-bond acceptors (Lipinski definition) is 4. The molecular formula is C12H15N3O3. The van der Waals surface area contributed by atoms with Crippen molar-refractivity contribution in [2.75, 3.05) is 18.4 Å². The number of hydrogen-bond donors (Lipinski definition) is 4. The first-order valence-corrected chi connectivity index (χ1v) is 5.67. The maximum atomic E-state index is 11.9. The lowest BCUT2D eigenvalue weighted by molar-refractivity contribution is -0.124. The lowest BCUT2D eigenvalue weighted by Crippen LogP contribution is -2.56. The molecule has 1 atom stereocenters. The molecule has 0 aromatic heterocycles. The minimum absolute atomic E-state index is 0.0220. The van der Waals surface area contributed by atoms with Gasteiger partial charge in [-0.25, -0.2) is 0 Å². The van der Waals surface area contributed by atoms with Gasteiger partial charge in [-0.05, 0) is 24.6 Å². The van der Waals surface area contributed by atoms with Crippen molar-refractivity contribution in [1.82, 2.24) is 10.6 Å². The molecule has 96 valence electrons. The zero-order valence-electron chi connectivity index (χ0n) is 9.99. The van der Waals surface area contributed by atoms with Gasteiger partial charge in [-0.15, -0.1) is 0 Å².